The van der Waals surface area contributed by atoms with Gasteiger partial charge in [0, 0.05) is 12.6 Å². The number of carbonyl (C=O) groups is 1. The molecule has 0 unspecified atom stereocenters. The number of allylic oxidation sites excluding steroid dienone is 2. The molecule has 192 valence electrons. The Morgan fingerprint density at radius 3 is 2.35 bits per heavy atom. The third kappa shape index (κ3) is 11.4. The van der Waals surface area contributed by atoms with E-state index in [4.69, 9.17) is 14.6 Å². The molecule has 1 aromatic rings. The van der Waals surface area contributed by atoms with Gasteiger partial charge in [-0.05, 0) is 38.2 Å². The number of rotatable bonds is 18. The van der Waals surface area contributed by atoms with E-state index in [9.17, 15) is 9.59 Å². The van der Waals surface area contributed by atoms with Crippen LogP contribution in [0.2, 0.25) is 0 Å². The Kier molecular flexibility index (Phi) is 14.4. The summed E-state index contributed by atoms with van der Waals surface area (Å²) in [6, 6.07) is 1.56. The van der Waals surface area contributed by atoms with Gasteiger partial charge in [0.15, 0.2) is 12.5 Å². The highest BCUT2D eigenvalue weighted by atomic mass is 16.7. The molecule has 8 nitrogen and oxygen atoms in total. The topological polar surface area (TPSA) is 103 Å². The van der Waals surface area contributed by atoms with Crippen molar-refractivity contribution in [3.63, 3.8) is 0 Å². The molecule has 0 spiro atoms. The quantitative estimate of drug-likeness (QED) is 0.226. The lowest BCUT2D eigenvalue weighted by Gasteiger charge is -2.12. The van der Waals surface area contributed by atoms with Gasteiger partial charge < -0.3 is 19.9 Å². The first-order valence-electron chi connectivity index (χ1n) is 13.1. The van der Waals surface area contributed by atoms with Gasteiger partial charge in [-0.1, -0.05) is 70.4 Å². The van der Waals surface area contributed by atoms with Gasteiger partial charge in [0.2, 0.25) is 5.91 Å². The molecule has 0 aliphatic carbocycles. The smallest absolute Gasteiger partial charge is 0.351 e. The summed E-state index contributed by atoms with van der Waals surface area (Å²) in [5.41, 5.74) is -0.536. The number of nitrogens with one attached hydrogen (secondary N) is 1. The van der Waals surface area contributed by atoms with Crippen molar-refractivity contribution in [3.8, 4) is 0 Å². The molecule has 2 rings (SSSR count). The zero-order valence-corrected chi connectivity index (χ0v) is 20.8. The van der Waals surface area contributed by atoms with E-state index in [1.54, 1.807) is 6.07 Å². The molecule has 1 aliphatic rings. The van der Waals surface area contributed by atoms with Gasteiger partial charge >= 0.3 is 5.69 Å². The van der Waals surface area contributed by atoms with Crippen LogP contribution in [0.5, 0.6) is 0 Å². The van der Waals surface area contributed by atoms with E-state index in [0.29, 0.717) is 6.42 Å². The molecular formula is C26H43N3O5. The number of amides is 1. The molecule has 1 aliphatic heterocycles. The average molecular weight is 478 g/mol. The van der Waals surface area contributed by atoms with Crippen molar-refractivity contribution in [1.82, 2.24) is 9.55 Å². The van der Waals surface area contributed by atoms with Crippen LogP contribution in [-0.2, 0) is 14.3 Å². The summed E-state index contributed by atoms with van der Waals surface area (Å²) in [7, 11) is 0. The second-order valence-corrected chi connectivity index (χ2v) is 8.92. The van der Waals surface area contributed by atoms with Crippen LogP contribution in [0.3, 0.4) is 0 Å². The number of aliphatic hydroxyl groups is 1. The van der Waals surface area contributed by atoms with Gasteiger partial charge in [0.1, 0.15) is 5.82 Å². The lowest BCUT2D eigenvalue weighted by molar-refractivity contribution is -0.116. The molecule has 34 heavy (non-hydrogen) atoms. The number of carbonyl (C=O) groups excluding carboxylic acids is 1. The molecule has 1 saturated heterocycles. The molecule has 2 atom stereocenters. The van der Waals surface area contributed by atoms with E-state index in [2.05, 4.69) is 29.4 Å². The molecule has 0 aromatic carbocycles. The highest BCUT2D eigenvalue weighted by molar-refractivity contribution is 5.89. The van der Waals surface area contributed by atoms with E-state index < -0.39 is 18.2 Å². The molecule has 1 aromatic heterocycles. The number of anilines is 1. The highest BCUT2D eigenvalue weighted by Crippen LogP contribution is 2.19. The second kappa shape index (κ2) is 17.4. The van der Waals surface area contributed by atoms with Crippen LogP contribution in [0.15, 0.2) is 29.2 Å². The summed E-state index contributed by atoms with van der Waals surface area (Å²) in [6.07, 6.45) is 21.0. The molecule has 8 heteroatoms. The van der Waals surface area contributed by atoms with Crippen LogP contribution in [0, 0.1) is 0 Å². The van der Waals surface area contributed by atoms with E-state index in [1.807, 2.05) is 0 Å². The zero-order chi connectivity index (χ0) is 24.4. The first-order valence-corrected chi connectivity index (χ1v) is 13.1. The van der Waals surface area contributed by atoms with Gasteiger partial charge in [-0.25, -0.2) is 4.79 Å². The molecule has 2 heterocycles. The number of nitrogens with zero attached hydrogens (tertiary/aromatic N) is 2. The SMILES string of the molecule is CCCCCCCCC=CCCCCCCCC(=O)Nc1ccn([C@@H]2CO[C@H](CO)O2)c(=O)n1. The lowest BCUT2D eigenvalue weighted by Crippen LogP contribution is -2.29. The maximum Gasteiger partial charge on any atom is 0.351 e. The van der Waals surface area contributed by atoms with Crippen LogP contribution in [0.4, 0.5) is 5.82 Å². The average Bonchev–Trinajstić information content (AvgIpc) is 3.30. The van der Waals surface area contributed by atoms with Crippen molar-refractivity contribution < 1.29 is 19.4 Å². The fraction of sp³-hybridized carbons (Fsp3) is 0.731. The Balaban J connectivity index is 1.48. The van der Waals surface area contributed by atoms with E-state index in [0.717, 1.165) is 25.7 Å². The molecule has 1 fully saturated rings. The van der Waals surface area contributed by atoms with Crippen molar-refractivity contribution in [3.05, 3.63) is 34.9 Å². The summed E-state index contributed by atoms with van der Waals surface area (Å²) in [5, 5.41) is 11.7. The third-order valence-electron chi connectivity index (χ3n) is 5.96. The van der Waals surface area contributed by atoms with E-state index in [-0.39, 0.29) is 24.9 Å². The summed E-state index contributed by atoms with van der Waals surface area (Å²) in [6.45, 7) is 2.14. The van der Waals surface area contributed by atoms with Gasteiger partial charge in [0.05, 0.1) is 13.2 Å². The van der Waals surface area contributed by atoms with E-state index in [1.165, 1.54) is 68.6 Å². The second-order valence-electron chi connectivity index (χ2n) is 8.92. The van der Waals surface area contributed by atoms with Crippen molar-refractivity contribution in [1.29, 1.82) is 0 Å². The van der Waals surface area contributed by atoms with Gasteiger partial charge in [-0.2, -0.15) is 4.98 Å². The Morgan fingerprint density at radius 2 is 1.74 bits per heavy atom. The first-order chi connectivity index (χ1) is 16.6. The molecular weight excluding hydrogens is 434 g/mol. The standard InChI is InChI=1S/C26H43N3O5/c1-2-3-4-5-6-7-8-9-10-11-12-13-14-15-16-17-23(31)27-22-18-19-29(26(32)28-22)24-21-33-25(20-30)34-24/h9-10,18-19,24-25,30H,2-8,11-17,20-21H2,1H3,(H,27,28,31,32)/t24-,25-/m0/s1. The lowest BCUT2D eigenvalue weighted by atomic mass is 10.1. The van der Waals surface area contributed by atoms with Crippen LogP contribution < -0.4 is 11.0 Å². The number of ether oxygens (including phenoxy) is 2. The van der Waals surface area contributed by atoms with Gasteiger partial charge in [-0.15, -0.1) is 0 Å². The number of aromatic nitrogens is 2. The Hall–Kier alpha value is -2.03. The number of unbranched alkanes of at least 4 members (excludes halogenated alkanes) is 11. The molecule has 2 N–H and O–H groups in total. The third-order valence-corrected chi connectivity index (χ3v) is 5.96. The predicted molar refractivity (Wildman–Crippen MR) is 134 cm³/mol. The Morgan fingerprint density at radius 1 is 1.09 bits per heavy atom. The van der Waals surface area contributed by atoms with Crippen molar-refractivity contribution in [2.24, 2.45) is 0 Å². The minimum atomic E-state index is -0.734. The number of aliphatic hydroxyl groups excluding tert-OH is 1. The maximum absolute atomic E-state index is 12.2. The summed E-state index contributed by atoms with van der Waals surface area (Å²) < 4.78 is 11.9. The Bertz CT molecular complexity index is 780. The normalized spacial score (nSPS) is 18.1. The van der Waals surface area contributed by atoms with Crippen molar-refractivity contribution in [2.75, 3.05) is 18.5 Å². The molecule has 0 bridgehead atoms. The molecule has 1 amide bonds. The van der Waals surface area contributed by atoms with Crippen LogP contribution >= 0.6 is 0 Å². The minimum absolute atomic E-state index is 0.136. The fourth-order valence-corrected chi connectivity index (χ4v) is 3.95. The van der Waals surface area contributed by atoms with Crippen molar-refractivity contribution in [2.45, 2.75) is 109 Å². The predicted octanol–water partition coefficient (Wildman–Crippen LogP) is 5.08. The maximum atomic E-state index is 12.2. The van der Waals surface area contributed by atoms with Gasteiger partial charge in [0.25, 0.3) is 0 Å². The highest BCUT2D eigenvalue weighted by Gasteiger charge is 2.27. The summed E-state index contributed by atoms with van der Waals surface area (Å²) in [5.74, 6) is 0.0969. The number of hydrogen-bond donors (Lipinski definition) is 2. The largest absolute Gasteiger partial charge is 0.391 e. The molecule has 0 saturated carbocycles. The summed E-state index contributed by atoms with van der Waals surface area (Å²) >= 11 is 0. The zero-order valence-electron chi connectivity index (χ0n) is 20.8. The monoisotopic (exact) mass is 477 g/mol. The summed E-state index contributed by atoms with van der Waals surface area (Å²) in [4.78, 5) is 28.2. The van der Waals surface area contributed by atoms with Gasteiger partial charge in [-0.3, -0.25) is 9.36 Å². The van der Waals surface area contributed by atoms with Crippen LogP contribution in [0.1, 0.15) is 103 Å². The van der Waals surface area contributed by atoms with Crippen LogP contribution in [-0.4, -0.2) is 40.1 Å². The molecule has 0 radical (unpaired) electrons. The first kappa shape index (κ1) is 28.2. The minimum Gasteiger partial charge on any atom is -0.391 e. The van der Waals surface area contributed by atoms with Crippen molar-refractivity contribution >= 4 is 11.7 Å². The van der Waals surface area contributed by atoms with E-state index >= 15 is 0 Å². The number of hydrogen-bond acceptors (Lipinski definition) is 6. The van der Waals surface area contributed by atoms with Crippen LogP contribution in [0.25, 0.3) is 0 Å². The fourth-order valence-electron chi connectivity index (χ4n) is 3.95. The Labute approximate surface area is 203 Å².